The lowest BCUT2D eigenvalue weighted by atomic mass is 10.1. The van der Waals surface area contributed by atoms with E-state index in [9.17, 15) is 4.79 Å². The molecule has 0 radical (unpaired) electrons. The Labute approximate surface area is 118 Å². The average Bonchev–Trinajstić information content (AvgIpc) is 3.26. The summed E-state index contributed by atoms with van der Waals surface area (Å²) in [5.41, 5.74) is 1.16. The highest BCUT2D eigenvalue weighted by molar-refractivity contribution is 5.82. The number of amides is 1. The largest absolute Gasteiger partial charge is 0.468 e. The van der Waals surface area contributed by atoms with E-state index in [2.05, 4.69) is 5.32 Å². The number of nitrogens with one attached hydrogen (secondary N) is 1. The van der Waals surface area contributed by atoms with Gasteiger partial charge in [0.2, 0.25) is 5.91 Å². The van der Waals surface area contributed by atoms with Crippen LogP contribution in [0.4, 0.5) is 0 Å². The zero-order valence-electron chi connectivity index (χ0n) is 11.7. The van der Waals surface area contributed by atoms with E-state index in [1.54, 1.807) is 7.11 Å². The van der Waals surface area contributed by atoms with Crippen LogP contribution in [0.2, 0.25) is 0 Å². The van der Waals surface area contributed by atoms with Gasteiger partial charge in [0.1, 0.15) is 5.75 Å². The topological polar surface area (TPSA) is 67.8 Å². The van der Waals surface area contributed by atoms with Crippen molar-refractivity contribution in [2.45, 2.75) is 18.8 Å². The Kier molecular flexibility index (Phi) is 5.38. The summed E-state index contributed by atoms with van der Waals surface area (Å²) in [6, 6.07) is 7.79. The maximum atomic E-state index is 11.8. The van der Waals surface area contributed by atoms with E-state index in [1.165, 1.54) is 0 Å². The van der Waals surface area contributed by atoms with Crippen LogP contribution in [0.3, 0.4) is 0 Å². The molecule has 1 amide bonds. The smallest absolute Gasteiger partial charge is 0.223 e. The summed E-state index contributed by atoms with van der Waals surface area (Å²) >= 11 is 0. The number of carbonyl (C=O) groups is 1. The second-order valence-corrected chi connectivity index (χ2v) is 4.94. The minimum atomic E-state index is 0.0689. The van der Waals surface area contributed by atoms with Crippen molar-refractivity contribution in [2.24, 2.45) is 5.92 Å². The molecule has 1 saturated carbocycles. The van der Waals surface area contributed by atoms with Gasteiger partial charge in [-0.3, -0.25) is 4.79 Å². The Morgan fingerprint density at radius 2 is 2.15 bits per heavy atom. The van der Waals surface area contributed by atoms with Crippen molar-refractivity contribution in [3.8, 4) is 5.75 Å². The fourth-order valence-electron chi connectivity index (χ4n) is 2.21. The van der Waals surface area contributed by atoms with E-state index in [1.807, 2.05) is 24.3 Å². The monoisotopic (exact) mass is 279 g/mol. The Hall–Kier alpha value is -1.59. The van der Waals surface area contributed by atoms with Crippen molar-refractivity contribution in [3.63, 3.8) is 0 Å². The van der Waals surface area contributed by atoms with Gasteiger partial charge in [0, 0.05) is 26.2 Å². The summed E-state index contributed by atoms with van der Waals surface area (Å²) in [6.45, 7) is 0.887. The minimum absolute atomic E-state index is 0.0689. The van der Waals surface area contributed by atoms with Crippen LogP contribution in [-0.2, 0) is 9.53 Å². The van der Waals surface area contributed by atoms with Crippen molar-refractivity contribution in [2.75, 3.05) is 27.1 Å². The zero-order chi connectivity index (χ0) is 14.4. The molecule has 1 aromatic rings. The molecule has 0 spiro atoms. The fourth-order valence-corrected chi connectivity index (χ4v) is 2.21. The molecule has 2 rings (SSSR count). The second kappa shape index (κ2) is 7.26. The van der Waals surface area contributed by atoms with Gasteiger partial charge in [0.25, 0.3) is 0 Å². The van der Waals surface area contributed by atoms with Crippen LogP contribution in [0.1, 0.15) is 24.3 Å². The lowest BCUT2D eigenvalue weighted by Gasteiger charge is -2.06. The van der Waals surface area contributed by atoms with Crippen LogP contribution in [0.5, 0.6) is 5.75 Å². The van der Waals surface area contributed by atoms with E-state index in [-0.39, 0.29) is 25.2 Å². The molecule has 1 aliphatic rings. The van der Waals surface area contributed by atoms with Crippen molar-refractivity contribution in [1.29, 1.82) is 0 Å². The Morgan fingerprint density at radius 3 is 2.80 bits per heavy atom. The molecule has 2 N–H and O–H groups in total. The van der Waals surface area contributed by atoms with Crippen LogP contribution >= 0.6 is 0 Å². The molecular weight excluding hydrogens is 258 g/mol. The number of carbonyl (C=O) groups excluding carboxylic acids is 1. The molecule has 1 aromatic carbocycles. The predicted molar refractivity (Wildman–Crippen MR) is 74.5 cm³/mol. The molecule has 1 fully saturated rings. The SMILES string of the molecule is COCOc1ccc(C2CC2C(=O)NCCCO)cc1. The van der Waals surface area contributed by atoms with Crippen LogP contribution in [0.15, 0.2) is 24.3 Å². The molecule has 0 bridgehead atoms. The maximum absolute atomic E-state index is 11.8. The van der Waals surface area contributed by atoms with Crippen molar-refractivity contribution in [1.82, 2.24) is 5.32 Å². The first kappa shape index (κ1) is 14.8. The van der Waals surface area contributed by atoms with E-state index in [0.717, 1.165) is 17.7 Å². The first-order valence-electron chi connectivity index (χ1n) is 6.86. The number of rotatable bonds is 8. The van der Waals surface area contributed by atoms with Gasteiger partial charge in [-0.05, 0) is 36.5 Å². The maximum Gasteiger partial charge on any atom is 0.223 e. The molecule has 0 saturated heterocycles. The lowest BCUT2D eigenvalue weighted by Crippen LogP contribution is -2.26. The highest BCUT2D eigenvalue weighted by Gasteiger charge is 2.43. The quantitative estimate of drug-likeness (QED) is 0.555. The van der Waals surface area contributed by atoms with Gasteiger partial charge in [0.05, 0.1) is 0 Å². The van der Waals surface area contributed by atoms with Crippen LogP contribution in [0.25, 0.3) is 0 Å². The predicted octanol–water partition coefficient (Wildman–Crippen LogP) is 1.27. The number of aliphatic hydroxyl groups is 1. The van der Waals surface area contributed by atoms with Gasteiger partial charge in [0.15, 0.2) is 6.79 Å². The third-order valence-corrected chi connectivity index (χ3v) is 3.41. The highest BCUT2D eigenvalue weighted by Crippen LogP contribution is 2.47. The van der Waals surface area contributed by atoms with Crippen LogP contribution < -0.4 is 10.1 Å². The Balaban J connectivity index is 1.80. The van der Waals surface area contributed by atoms with Gasteiger partial charge in [-0.2, -0.15) is 0 Å². The number of methoxy groups -OCH3 is 1. The molecule has 0 aliphatic heterocycles. The van der Waals surface area contributed by atoms with E-state index < -0.39 is 0 Å². The molecule has 20 heavy (non-hydrogen) atoms. The van der Waals surface area contributed by atoms with Gasteiger partial charge in [-0.15, -0.1) is 0 Å². The van der Waals surface area contributed by atoms with E-state index >= 15 is 0 Å². The van der Waals surface area contributed by atoms with Crippen molar-refractivity contribution < 1.29 is 19.4 Å². The minimum Gasteiger partial charge on any atom is -0.468 e. The number of hydrogen-bond donors (Lipinski definition) is 2. The molecular formula is C15H21NO4. The van der Waals surface area contributed by atoms with Crippen molar-refractivity contribution in [3.05, 3.63) is 29.8 Å². The summed E-state index contributed by atoms with van der Waals surface area (Å²) in [5.74, 6) is 1.23. The average molecular weight is 279 g/mol. The second-order valence-electron chi connectivity index (χ2n) is 4.94. The Bertz CT molecular complexity index is 432. The summed E-state index contributed by atoms with van der Waals surface area (Å²) in [5, 5.41) is 11.5. The number of benzene rings is 1. The fraction of sp³-hybridized carbons (Fsp3) is 0.533. The van der Waals surface area contributed by atoms with E-state index in [4.69, 9.17) is 14.6 Å². The molecule has 0 aromatic heterocycles. The molecule has 1 aliphatic carbocycles. The first-order chi connectivity index (χ1) is 9.76. The standard InChI is InChI=1S/C15H21NO4/c1-19-10-20-12-5-3-11(4-6-12)13-9-14(13)15(18)16-7-2-8-17/h3-6,13-14,17H,2,7-10H2,1H3,(H,16,18). The van der Waals surface area contributed by atoms with Gasteiger partial charge >= 0.3 is 0 Å². The van der Waals surface area contributed by atoms with Crippen LogP contribution in [-0.4, -0.2) is 38.1 Å². The normalized spacial score (nSPS) is 20.5. The molecule has 0 heterocycles. The Morgan fingerprint density at radius 1 is 1.40 bits per heavy atom. The summed E-state index contributed by atoms with van der Waals surface area (Å²) in [6.07, 6.45) is 1.50. The van der Waals surface area contributed by atoms with Gasteiger partial charge in [-0.25, -0.2) is 0 Å². The zero-order valence-corrected chi connectivity index (χ0v) is 11.7. The van der Waals surface area contributed by atoms with Crippen LogP contribution in [0, 0.1) is 5.92 Å². The lowest BCUT2D eigenvalue weighted by molar-refractivity contribution is -0.122. The molecule has 2 unspecified atom stereocenters. The molecule has 110 valence electrons. The third kappa shape index (κ3) is 3.95. The highest BCUT2D eigenvalue weighted by atomic mass is 16.7. The molecule has 5 heteroatoms. The summed E-state index contributed by atoms with van der Waals surface area (Å²) < 4.78 is 10.2. The number of ether oxygens (including phenoxy) is 2. The first-order valence-corrected chi connectivity index (χ1v) is 6.86. The van der Waals surface area contributed by atoms with Gasteiger partial charge < -0.3 is 19.9 Å². The number of aliphatic hydroxyl groups excluding tert-OH is 1. The summed E-state index contributed by atoms with van der Waals surface area (Å²) in [7, 11) is 1.58. The van der Waals surface area contributed by atoms with E-state index in [0.29, 0.717) is 18.9 Å². The van der Waals surface area contributed by atoms with Gasteiger partial charge in [-0.1, -0.05) is 12.1 Å². The summed E-state index contributed by atoms with van der Waals surface area (Å²) in [4.78, 5) is 11.8. The third-order valence-electron chi connectivity index (χ3n) is 3.41. The number of hydrogen-bond acceptors (Lipinski definition) is 4. The van der Waals surface area contributed by atoms with Crippen molar-refractivity contribution >= 4 is 5.91 Å². The molecule has 5 nitrogen and oxygen atoms in total. The molecule has 2 atom stereocenters.